The van der Waals surface area contributed by atoms with E-state index in [2.05, 4.69) is 5.10 Å². The third kappa shape index (κ3) is 2.61. The second-order valence-electron chi connectivity index (χ2n) is 7.01. The van der Waals surface area contributed by atoms with Gasteiger partial charge in [0.15, 0.2) is 5.78 Å². The van der Waals surface area contributed by atoms with E-state index >= 15 is 0 Å². The minimum atomic E-state index is -3.80. The van der Waals surface area contributed by atoms with Gasteiger partial charge in [-0.3, -0.25) is 4.79 Å². The van der Waals surface area contributed by atoms with Crippen LogP contribution in [0.3, 0.4) is 0 Å². The van der Waals surface area contributed by atoms with E-state index in [9.17, 15) is 13.2 Å². The van der Waals surface area contributed by atoms with Crippen molar-refractivity contribution in [3.8, 4) is 0 Å². The molecule has 23 heavy (non-hydrogen) atoms. The van der Waals surface area contributed by atoms with E-state index in [-0.39, 0.29) is 16.1 Å². The lowest BCUT2D eigenvalue weighted by molar-refractivity contribution is 0.0911. The number of fused-ring (bicyclic) bond motifs is 1. The number of rotatable bonds is 2. The van der Waals surface area contributed by atoms with E-state index in [1.54, 1.807) is 31.2 Å². The SMILES string of the molecule is Cc1ccc(S(=O)(=O)n2nc(C)c3c2CC(C)(C)CC3=O)cc1. The zero-order valence-corrected chi connectivity index (χ0v) is 14.6. The highest BCUT2D eigenvalue weighted by atomic mass is 32.2. The van der Waals surface area contributed by atoms with Gasteiger partial charge in [0.05, 0.1) is 21.8 Å². The first kappa shape index (κ1) is 15.9. The molecule has 0 bridgehead atoms. The molecule has 0 aliphatic heterocycles. The van der Waals surface area contributed by atoms with Crippen molar-refractivity contribution in [3.05, 3.63) is 46.8 Å². The lowest BCUT2D eigenvalue weighted by atomic mass is 9.76. The second-order valence-corrected chi connectivity index (χ2v) is 8.78. The average molecular weight is 332 g/mol. The molecule has 2 aromatic rings. The zero-order chi connectivity index (χ0) is 17.0. The van der Waals surface area contributed by atoms with Crippen LogP contribution in [0, 0.1) is 19.3 Å². The Morgan fingerprint density at radius 2 is 1.70 bits per heavy atom. The number of ketones is 1. The summed E-state index contributed by atoms with van der Waals surface area (Å²) < 4.78 is 26.9. The number of hydrogen-bond donors (Lipinski definition) is 0. The maximum Gasteiger partial charge on any atom is 0.283 e. The first-order valence-electron chi connectivity index (χ1n) is 7.56. The fourth-order valence-electron chi connectivity index (χ4n) is 3.12. The van der Waals surface area contributed by atoms with Crippen LogP contribution >= 0.6 is 0 Å². The average Bonchev–Trinajstić information content (AvgIpc) is 2.75. The molecule has 3 rings (SSSR count). The van der Waals surface area contributed by atoms with Crippen LogP contribution < -0.4 is 0 Å². The fourth-order valence-corrected chi connectivity index (χ4v) is 4.47. The molecule has 0 N–H and O–H groups in total. The van der Waals surface area contributed by atoms with E-state index in [1.807, 2.05) is 20.8 Å². The van der Waals surface area contributed by atoms with E-state index in [0.29, 0.717) is 29.8 Å². The molecule has 0 saturated carbocycles. The molecular formula is C17H20N2O3S. The molecule has 1 aromatic carbocycles. The lowest BCUT2D eigenvalue weighted by Crippen LogP contribution is -2.30. The Balaban J connectivity index is 2.20. The topological polar surface area (TPSA) is 69.0 Å². The minimum absolute atomic E-state index is 0.0286. The van der Waals surface area contributed by atoms with Crippen molar-refractivity contribution in [1.82, 2.24) is 9.19 Å². The van der Waals surface area contributed by atoms with Gasteiger partial charge in [-0.1, -0.05) is 31.5 Å². The second kappa shape index (κ2) is 5.03. The largest absolute Gasteiger partial charge is 0.294 e. The van der Waals surface area contributed by atoms with E-state index in [0.717, 1.165) is 9.65 Å². The number of hydrogen-bond acceptors (Lipinski definition) is 4. The van der Waals surface area contributed by atoms with Gasteiger partial charge in [0.1, 0.15) is 0 Å². The van der Waals surface area contributed by atoms with Crippen molar-refractivity contribution in [2.45, 2.75) is 45.4 Å². The van der Waals surface area contributed by atoms with Gasteiger partial charge in [-0.2, -0.15) is 17.6 Å². The number of benzene rings is 1. The predicted octanol–water partition coefficient (Wildman–Crippen LogP) is 2.89. The Bertz CT molecular complexity index is 891. The molecule has 0 radical (unpaired) electrons. The fraction of sp³-hybridized carbons (Fsp3) is 0.412. The van der Waals surface area contributed by atoms with Gasteiger partial charge in [-0.15, -0.1) is 0 Å². The highest BCUT2D eigenvalue weighted by molar-refractivity contribution is 7.89. The van der Waals surface area contributed by atoms with Crippen molar-refractivity contribution in [2.24, 2.45) is 5.41 Å². The molecule has 1 heterocycles. The highest BCUT2D eigenvalue weighted by Crippen LogP contribution is 2.37. The summed E-state index contributed by atoms with van der Waals surface area (Å²) in [4.78, 5) is 12.6. The molecule has 1 aromatic heterocycles. The summed E-state index contributed by atoms with van der Waals surface area (Å²) in [6.07, 6.45) is 0.928. The van der Waals surface area contributed by atoms with E-state index < -0.39 is 10.0 Å². The van der Waals surface area contributed by atoms with Gasteiger partial charge < -0.3 is 0 Å². The van der Waals surface area contributed by atoms with Crippen LogP contribution in [-0.4, -0.2) is 23.4 Å². The Morgan fingerprint density at radius 1 is 1.09 bits per heavy atom. The van der Waals surface area contributed by atoms with Crippen LogP contribution in [0.5, 0.6) is 0 Å². The van der Waals surface area contributed by atoms with Crippen molar-refractivity contribution in [2.75, 3.05) is 0 Å². The van der Waals surface area contributed by atoms with Gasteiger partial charge in [0.25, 0.3) is 10.0 Å². The number of carbonyl (C=O) groups is 1. The van der Waals surface area contributed by atoms with Crippen LogP contribution in [0.25, 0.3) is 0 Å². The summed E-state index contributed by atoms with van der Waals surface area (Å²) in [7, 11) is -3.80. The number of aryl methyl sites for hydroxylation is 2. The molecule has 0 fully saturated rings. The molecule has 0 atom stereocenters. The summed E-state index contributed by atoms with van der Waals surface area (Å²) in [5.41, 5.74) is 2.18. The van der Waals surface area contributed by atoms with Gasteiger partial charge in [0, 0.05) is 6.42 Å². The first-order valence-corrected chi connectivity index (χ1v) is 9.00. The lowest BCUT2D eigenvalue weighted by Gasteiger charge is -2.28. The van der Waals surface area contributed by atoms with Gasteiger partial charge in [-0.25, -0.2) is 0 Å². The zero-order valence-electron chi connectivity index (χ0n) is 13.8. The molecule has 1 aliphatic rings. The van der Waals surface area contributed by atoms with Gasteiger partial charge >= 0.3 is 0 Å². The number of carbonyl (C=O) groups excluding carboxylic acids is 1. The van der Waals surface area contributed by atoms with Gasteiger partial charge in [-0.05, 0) is 37.8 Å². The monoisotopic (exact) mass is 332 g/mol. The van der Waals surface area contributed by atoms with Crippen LogP contribution in [0.4, 0.5) is 0 Å². The van der Waals surface area contributed by atoms with Crippen molar-refractivity contribution in [3.63, 3.8) is 0 Å². The smallest absolute Gasteiger partial charge is 0.283 e. The standard InChI is InChI=1S/C17H20N2O3S/c1-11-5-7-13(8-6-11)23(21,22)19-14-9-17(3,4)10-15(20)16(14)12(2)18-19/h5-8H,9-10H2,1-4H3. The summed E-state index contributed by atoms with van der Waals surface area (Å²) >= 11 is 0. The summed E-state index contributed by atoms with van der Waals surface area (Å²) in [6.45, 7) is 7.53. The first-order chi connectivity index (χ1) is 10.6. The molecule has 122 valence electrons. The number of aromatic nitrogens is 2. The van der Waals surface area contributed by atoms with Crippen molar-refractivity contribution < 1.29 is 13.2 Å². The molecular weight excluding hydrogens is 312 g/mol. The van der Waals surface area contributed by atoms with E-state index in [4.69, 9.17) is 0 Å². The Morgan fingerprint density at radius 3 is 2.30 bits per heavy atom. The molecule has 5 nitrogen and oxygen atoms in total. The number of nitrogens with zero attached hydrogens (tertiary/aromatic N) is 2. The Labute approximate surface area is 136 Å². The quantitative estimate of drug-likeness (QED) is 0.848. The summed E-state index contributed by atoms with van der Waals surface area (Å²) in [6, 6.07) is 6.66. The van der Waals surface area contributed by atoms with Crippen LogP contribution in [0.2, 0.25) is 0 Å². The maximum absolute atomic E-state index is 12.9. The van der Waals surface area contributed by atoms with E-state index in [1.165, 1.54) is 0 Å². The summed E-state index contributed by atoms with van der Waals surface area (Å²) in [5.74, 6) is -0.0286. The third-order valence-electron chi connectivity index (χ3n) is 4.23. The maximum atomic E-state index is 12.9. The molecule has 0 saturated heterocycles. The molecule has 6 heteroatoms. The van der Waals surface area contributed by atoms with Crippen LogP contribution in [-0.2, 0) is 16.4 Å². The van der Waals surface area contributed by atoms with Crippen molar-refractivity contribution >= 4 is 15.8 Å². The minimum Gasteiger partial charge on any atom is -0.294 e. The van der Waals surface area contributed by atoms with Crippen LogP contribution in [0.15, 0.2) is 29.2 Å². The summed E-state index contributed by atoms with van der Waals surface area (Å²) in [5, 5.41) is 4.19. The number of Topliss-reactive ketones (excluding diaryl/α,β-unsaturated/α-hetero) is 1. The Kier molecular flexibility index (Phi) is 3.48. The molecule has 1 aliphatic carbocycles. The normalized spacial score (nSPS) is 17.1. The highest BCUT2D eigenvalue weighted by Gasteiger charge is 2.38. The third-order valence-corrected chi connectivity index (χ3v) is 5.86. The Hall–Kier alpha value is -1.95. The van der Waals surface area contributed by atoms with Gasteiger partial charge in [0.2, 0.25) is 0 Å². The predicted molar refractivity (Wildman–Crippen MR) is 87.2 cm³/mol. The molecule has 0 spiro atoms. The molecule has 0 amide bonds. The van der Waals surface area contributed by atoms with Crippen molar-refractivity contribution in [1.29, 1.82) is 0 Å². The van der Waals surface area contributed by atoms with Crippen LogP contribution in [0.1, 0.15) is 47.6 Å². The molecule has 0 unspecified atom stereocenters.